The summed E-state index contributed by atoms with van der Waals surface area (Å²) in [6.45, 7) is 63.6. The predicted octanol–water partition coefficient (Wildman–Crippen LogP) is -13.7. The molecule has 0 aromatic heterocycles. The van der Waals surface area contributed by atoms with Crippen LogP contribution in [0.2, 0.25) is 0 Å². The molecule has 0 radical (unpaired) electrons. The average Bonchev–Trinajstić information content (AvgIpc) is 2.89. The van der Waals surface area contributed by atoms with E-state index in [-0.39, 0.29) is 0 Å². The van der Waals surface area contributed by atoms with E-state index < -0.39 is 0 Å². The van der Waals surface area contributed by atoms with Crippen LogP contribution in [-0.2, 0) is 4.70 Å². The van der Waals surface area contributed by atoms with E-state index in [0.717, 1.165) is 7.04 Å². The summed E-state index contributed by atoms with van der Waals surface area (Å²) in [5.74, 6) is 0. The molecule has 36 heavy (non-hydrogen) atoms. The van der Waals surface area contributed by atoms with Crippen molar-refractivity contribution in [3.05, 3.63) is 0 Å². The molecule has 0 aliphatic carbocycles. The Hall–Kier alpha value is 2.07. The Morgan fingerprint density at radius 1 is 0.222 bits per heavy atom. The molecule has 0 aromatic carbocycles. The first-order chi connectivity index (χ1) is 17.9. The number of hydrogen-bond donors (Lipinski definition) is 0. The third-order valence-electron chi connectivity index (χ3n) is 3.66. The van der Waals surface area contributed by atoms with Gasteiger partial charge in [-0.2, -0.15) is 0 Å². The summed E-state index contributed by atoms with van der Waals surface area (Å²) in [4.78, 5) is 0. The van der Waals surface area contributed by atoms with Gasteiger partial charge >= 0.3 is 240 Å². The molecule has 0 spiro atoms. The molecule has 0 unspecified atom stereocenters. The van der Waals surface area contributed by atoms with Gasteiger partial charge in [0.15, 0.2) is 0 Å². The molecule has 0 aliphatic heterocycles. The molecular weight excluding hydrogens is 394 g/mol. The van der Waals surface area contributed by atoms with Crippen molar-refractivity contribution < 1.29 is 4.70 Å². The molecule has 0 rings (SSSR count). The van der Waals surface area contributed by atoms with E-state index in [2.05, 4.69) is 7.37 Å². The minimum atomic E-state index is 0.749. The summed E-state index contributed by atoms with van der Waals surface area (Å²) in [5.41, 5.74) is 0. The van der Waals surface area contributed by atoms with Crippen LogP contribution in [0.5, 0.6) is 0 Å². The molecule has 0 aromatic rings. The summed E-state index contributed by atoms with van der Waals surface area (Å²) >= 11 is 0. The Labute approximate surface area is 238 Å². The Balaban J connectivity index is 4.00. The van der Waals surface area contributed by atoms with Crippen LogP contribution in [0.3, 0.4) is 0 Å². The Bertz CT molecular complexity index is 958. The van der Waals surface area contributed by atoms with Crippen LogP contribution in [0.15, 0.2) is 0 Å². The molecule has 0 saturated carbocycles. The van der Waals surface area contributed by atoms with Crippen molar-refractivity contribution in [1.29, 1.82) is 0 Å². The van der Waals surface area contributed by atoms with E-state index in [1.54, 1.807) is 20.1 Å². The predicted molar refractivity (Wildman–Crippen MR) is 203 cm³/mol. The first-order valence-electron chi connectivity index (χ1n) is 11.6. The van der Waals surface area contributed by atoms with Gasteiger partial charge in [0, 0.05) is 0 Å². The third-order valence-corrected chi connectivity index (χ3v) is 3.66. The normalized spacial score (nSPS) is 7.42. The van der Waals surface area contributed by atoms with Gasteiger partial charge in [0.1, 0.15) is 0 Å². The molecular formula is HB35O. The fourth-order valence-electron chi connectivity index (χ4n) is 2.05. The SMILES string of the molecule is B=B\B=B/B=B\B=B/B=B\B=B/B=B\B=B/B=B\B=B/B=B\B=B/B=B\B=B/B=B\B=B/B=B\B=O. The Kier molecular flexibility index (Phi) is 39.2. The zero-order valence-electron chi connectivity index (χ0n) is 20.7. The summed E-state index contributed by atoms with van der Waals surface area (Å²) in [6, 6.07) is 0. The van der Waals surface area contributed by atoms with Crippen molar-refractivity contribution in [3.63, 3.8) is 0 Å². The zero-order valence-corrected chi connectivity index (χ0v) is 20.7. The first kappa shape index (κ1) is 38.1. The van der Waals surface area contributed by atoms with Crippen molar-refractivity contribution in [2.24, 2.45) is 0 Å². The molecule has 0 heterocycles. The molecule has 112 valence electrons. The van der Waals surface area contributed by atoms with Gasteiger partial charge < -0.3 is 0 Å². The molecule has 0 aliphatic rings. The Morgan fingerprint density at radius 2 is 0.361 bits per heavy atom. The summed E-state index contributed by atoms with van der Waals surface area (Å²) in [5, 5.41) is 0. The maximum atomic E-state index is 10.1. The molecule has 1 nitrogen and oxygen atoms in total. The van der Waals surface area contributed by atoms with E-state index in [9.17, 15) is 4.70 Å². The molecule has 0 atom stereocenters. The molecule has 0 fully saturated rings. The van der Waals surface area contributed by atoms with Gasteiger partial charge in [-0.1, -0.05) is 0 Å². The second-order valence-corrected chi connectivity index (χ2v) is 6.53. The standard InChI is InChI=1S/B35HO/c1-2-3-4-5-6-7-8-9-10-11-12-13-14-15-16-17-18-19-20-21-22-23-24-25-26-27-28-29-30-31-32-33-34-35-36/h1H. The van der Waals surface area contributed by atoms with Gasteiger partial charge in [-0.15, -0.1) is 0 Å². The van der Waals surface area contributed by atoms with Gasteiger partial charge in [-0.3, -0.25) is 0 Å². The van der Waals surface area contributed by atoms with Gasteiger partial charge in [-0.05, 0) is 0 Å². The van der Waals surface area contributed by atoms with Crippen LogP contribution in [0, 0.1) is 0 Å². The van der Waals surface area contributed by atoms with Crippen molar-refractivity contribution >= 4 is 235 Å². The van der Waals surface area contributed by atoms with Crippen LogP contribution in [0.4, 0.5) is 0 Å². The second kappa shape index (κ2) is 37.1. The average molecular weight is 395 g/mol. The van der Waals surface area contributed by atoms with E-state index in [0.29, 0.717) is 0 Å². The Morgan fingerprint density at radius 3 is 0.500 bits per heavy atom. The van der Waals surface area contributed by atoms with E-state index in [1.165, 1.54) is 6.69 Å². The van der Waals surface area contributed by atoms with Gasteiger partial charge in [-0.25, -0.2) is 0 Å². The van der Waals surface area contributed by atoms with Crippen LogP contribution in [-0.4, -0.2) is 235 Å². The van der Waals surface area contributed by atoms with E-state index >= 15 is 0 Å². The molecule has 0 saturated heterocycles. The summed E-state index contributed by atoms with van der Waals surface area (Å²) in [6.07, 6.45) is 0. The number of hydrogen-bond acceptors (Lipinski definition) is 1. The second-order valence-electron chi connectivity index (χ2n) is 6.53. The van der Waals surface area contributed by atoms with Crippen LogP contribution < -0.4 is 0 Å². The fourth-order valence-corrected chi connectivity index (χ4v) is 2.05. The van der Waals surface area contributed by atoms with Crippen molar-refractivity contribution in [2.45, 2.75) is 0 Å². The summed E-state index contributed by atoms with van der Waals surface area (Å²) in [7, 11) is 4.36. The third kappa shape index (κ3) is 36.1. The molecule has 0 bridgehead atoms. The maximum absolute atomic E-state index is 10.1. The van der Waals surface area contributed by atoms with Crippen molar-refractivity contribution in [2.75, 3.05) is 0 Å². The topological polar surface area (TPSA) is 17.1 Å². The van der Waals surface area contributed by atoms with Crippen molar-refractivity contribution in [1.82, 2.24) is 0 Å². The van der Waals surface area contributed by atoms with Crippen molar-refractivity contribution in [3.8, 4) is 0 Å². The molecule has 36 heteroatoms. The van der Waals surface area contributed by atoms with E-state index in [1.807, 2.05) is 194 Å². The quantitative estimate of drug-likeness (QED) is 0.224. The first-order valence-corrected chi connectivity index (χ1v) is 11.6. The summed E-state index contributed by atoms with van der Waals surface area (Å²) < 4.78 is 10.1. The van der Waals surface area contributed by atoms with Crippen LogP contribution >= 0.6 is 0 Å². The van der Waals surface area contributed by atoms with Gasteiger partial charge in [0.05, 0.1) is 0 Å². The molecule has 0 N–H and O–H groups in total. The number of rotatable bonds is 17. The fraction of sp³-hybridized carbons (Fsp3) is 0. The molecule has 0 amide bonds. The van der Waals surface area contributed by atoms with E-state index in [4.69, 9.17) is 0 Å². The van der Waals surface area contributed by atoms with Crippen LogP contribution in [0.25, 0.3) is 0 Å². The van der Waals surface area contributed by atoms with Gasteiger partial charge in [0.25, 0.3) is 0 Å². The van der Waals surface area contributed by atoms with Crippen LogP contribution in [0.1, 0.15) is 0 Å². The van der Waals surface area contributed by atoms with Gasteiger partial charge in [0.2, 0.25) is 0 Å². The monoisotopic (exact) mass is 402 g/mol. The minimum absolute atomic E-state index is 0.749. The zero-order chi connectivity index (χ0) is 26.0.